The Hall–Kier alpha value is -0.650. The SMILES string of the molecule is CC(C)C(=O)N1CCC(C2CCNC(C3CC(CCC4CCNCC4)CCN3)C2)CC1. The van der Waals surface area contributed by atoms with Gasteiger partial charge in [-0.15, -0.1) is 0 Å². The number of nitrogens with zero attached hydrogens (tertiary/aromatic N) is 1. The van der Waals surface area contributed by atoms with Crippen molar-refractivity contribution >= 4 is 5.91 Å². The zero-order valence-corrected chi connectivity index (χ0v) is 20.2. The molecule has 31 heavy (non-hydrogen) atoms. The second-order valence-electron chi connectivity index (χ2n) is 11.4. The van der Waals surface area contributed by atoms with Crippen LogP contribution in [-0.2, 0) is 4.79 Å². The molecule has 4 aliphatic heterocycles. The molecule has 3 N–H and O–H groups in total. The molecule has 4 unspecified atom stereocenters. The lowest BCUT2D eigenvalue weighted by Gasteiger charge is -2.44. The maximum Gasteiger partial charge on any atom is 0.225 e. The average molecular weight is 433 g/mol. The van der Waals surface area contributed by atoms with Gasteiger partial charge in [0.15, 0.2) is 0 Å². The average Bonchev–Trinajstić information content (AvgIpc) is 2.83. The van der Waals surface area contributed by atoms with Gasteiger partial charge in [-0.3, -0.25) is 4.79 Å². The molecule has 4 atom stereocenters. The topological polar surface area (TPSA) is 56.4 Å². The van der Waals surface area contributed by atoms with Crippen molar-refractivity contribution in [2.45, 2.75) is 90.1 Å². The highest BCUT2D eigenvalue weighted by Crippen LogP contribution is 2.35. The molecule has 1 amide bonds. The molecule has 0 radical (unpaired) electrons. The molecule has 0 aromatic carbocycles. The van der Waals surface area contributed by atoms with Crippen LogP contribution in [0.1, 0.15) is 78.1 Å². The molecular weight excluding hydrogens is 384 g/mol. The summed E-state index contributed by atoms with van der Waals surface area (Å²) >= 11 is 0. The third-order valence-corrected chi connectivity index (χ3v) is 8.96. The standard InChI is InChI=1S/C26H48N4O/c1-19(2)26(31)30-15-9-22(10-16-30)23-8-14-29-25(18-23)24-17-21(7-13-28-24)4-3-20-5-11-27-12-6-20/h19-25,27-29H,3-18H2,1-2H3. The Morgan fingerprint density at radius 3 is 2.10 bits per heavy atom. The van der Waals surface area contributed by atoms with Crippen LogP contribution in [0.25, 0.3) is 0 Å². The fraction of sp³-hybridized carbons (Fsp3) is 0.962. The van der Waals surface area contributed by atoms with Gasteiger partial charge >= 0.3 is 0 Å². The smallest absolute Gasteiger partial charge is 0.225 e. The molecule has 4 fully saturated rings. The minimum absolute atomic E-state index is 0.139. The number of carbonyl (C=O) groups is 1. The lowest BCUT2D eigenvalue weighted by molar-refractivity contribution is -0.136. The van der Waals surface area contributed by atoms with Crippen molar-refractivity contribution in [1.82, 2.24) is 20.9 Å². The van der Waals surface area contributed by atoms with Crippen LogP contribution in [0.3, 0.4) is 0 Å². The fourth-order valence-corrected chi connectivity index (χ4v) is 6.92. The zero-order chi connectivity index (χ0) is 21.6. The van der Waals surface area contributed by atoms with Gasteiger partial charge in [0.25, 0.3) is 0 Å². The van der Waals surface area contributed by atoms with E-state index < -0.39 is 0 Å². The lowest BCUT2D eigenvalue weighted by atomic mass is 9.74. The van der Waals surface area contributed by atoms with Gasteiger partial charge in [-0.05, 0) is 101 Å². The number of nitrogens with one attached hydrogen (secondary N) is 3. The minimum Gasteiger partial charge on any atom is -0.342 e. The second kappa shape index (κ2) is 11.5. The molecule has 4 rings (SSSR count). The highest BCUT2D eigenvalue weighted by molar-refractivity contribution is 5.78. The van der Waals surface area contributed by atoms with E-state index in [0.717, 1.165) is 36.8 Å². The zero-order valence-electron chi connectivity index (χ0n) is 20.2. The number of hydrogen-bond acceptors (Lipinski definition) is 4. The Bertz CT molecular complexity index is 554. The number of likely N-dealkylation sites (tertiary alicyclic amines) is 1. The van der Waals surface area contributed by atoms with Gasteiger partial charge in [-0.1, -0.05) is 26.7 Å². The molecule has 0 saturated carbocycles. The summed E-state index contributed by atoms with van der Waals surface area (Å²) in [6.45, 7) is 10.9. The number of carbonyl (C=O) groups excluding carboxylic acids is 1. The summed E-state index contributed by atoms with van der Waals surface area (Å²) < 4.78 is 0. The number of piperidine rings is 4. The van der Waals surface area contributed by atoms with E-state index >= 15 is 0 Å². The van der Waals surface area contributed by atoms with Crippen LogP contribution in [0.5, 0.6) is 0 Å². The van der Waals surface area contributed by atoms with Crippen molar-refractivity contribution in [3.8, 4) is 0 Å². The maximum absolute atomic E-state index is 12.3. The van der Waals surface area contributed by atoms with Crippen LogP contribution >= 0.6 is 0 Å². The molecule has 0 aliphatic carbocycles. The van der Waals surface area contributed by atoms with E-state index in [-0.39, 0.29) is 5.92 Å². The van der Waals surface area contributed by atoms with Crippen molar-refractivity contribution in [3.63, 3.8) is 0 Å². The predicted octanol–water partition coefficient (Wildman–Crippen LogP) is 3.40. The third-order valence-electron chi connectivity index (χ3n) is 8.96. The van der Waals surface area contributed by atoms with Gasteiger partial charge in [0.1, 0.15) is 0 Å². The number of amides is 1. The Morgan fingerprint density at radius 1 is 0.774 bits per heavy atom. The van der Waals surface area contributed by atoms with E-state index in [1.54, 1.807) is 0 Å². The molecule has 4 aliphatic rings. The summed E-state index contributed by atoms with van der Waals surface area (Å²) in [7, 11) is 0. The molecule has 5 heteroatoms. The molecule has 0 bridgehead atoms. The van der Waals surface area contributed by atoms with E-state index in [2.05, 4.69) is 20.9 Å². The molecule has 0 spiro atoms. The van der Waals surface area contributed by atoms with Gasteiger partial charge in [0.05, 0.1) is 0 Å². The summed E-state index contributed by atoms with van der Waals surface area (Å²) in [5, 5.41) is 11.3. The summed E-state index contributed by atoms with van der Waals surface area (Å²) in [5.74, 6) is 4.05. The first-order chi connectivity index (χ1) is 15.1. The Balaban J connectivity index is 1.22. The van der Waals surface area contributed by atoms with Crippen molar-refractivity contribution in [1.29, 1.82) is 0 Å². The highest BCUT2D eigenvalue weighted by Gasteiger charge is 2.36. The Kier molecular flexibility index (Phi) is 8.70. The van der Waals surface area contributed by atoms with Gasteiger partial charge in [-0.2, -0.15) is 0 Å². The quantitative estimate of drug-likeness (QED) is 0.602. The van der Waals surface area contributed by atoms with Crippen LogP contribution in [-0.4, -0.2) is 62.2 Å². The molecule has 5 nitrogen and oxygen atoms in total. The summed E-state index contributed by atoms with van der Waals surface area (Å²) in [6.07, 6.45) is 13.5. The molecule has 0 aromatic heterocycles. The monoisotopic (exact) mass is 432 g/mol. The molecular formula is C26H48N4O. The first-order valence-corrected chi connectivity index (χ1v) is 13.6. The van der Waals surface area contributed by atoms with E-state index in [4.69, 9.17) is 0 Å². The van der Waals surface area contributed by atoms with E-state index in [0.29, 0.717) is 18.0 Å². The Labute approximate surface area is 190 Å². The van der Waals surface area contributed by atoms with Crippen molar-refractivity contribution in [2.24, 2.45) is 29.6 Å². The van der Waals surface area contributed by atoms with E-state index in [1.807, 2.05) is 13.8 Å². The minimum atomic E-state index is 0.139. The van der Waals surface area contributed by atoms with Crippen molar-refractivity contribution in [3.05, 3.63) is 0 Å². The normalized spacial score (nSPS) is 34.2. The number of hydrogen-bond donors (Lipinski definition) is 3. The van der Waals surface area contributed by atoms with Crippen LogP contribution in [0.15, 0.2) is 0 Å². The van der Waals surface area contributed by atoms with Crippen molar-refractivity contribution in [2.75, 3.05) is 39.3 Å². The van der Waals surface area contributed by atoms with E-state index in [9.17, 15) is 4.79 Å². The van der Waals surface area contributed by atoms with Gasteiger partial charge in [0.2, 0.25) is 5.91 Å². The maximum atomic E-state index is 12.3. The van der Waals surface area contributed by atoms with Gasteiger partial charge < -0.3 is 20.9 Å². The summed E-state index contributed by atoms with van der Waals surface area (Å²) in [6, 6.07) is 1.31. The van der Waals surface area contributed by atoms with Crippen LogP contribution in [0.4, 0.5) is 0 Å². The van der Waals surface area contributed by atoms with Crippen LogP contribution in [0, 0.1) is 29.6 Å². The van der Waals surface area contributed by atoms with E-state index in [1.165, 1.54) is 90.4 Å². The molecule has 4 heterocycles. The molecule has 0 aromatic rings. The van der Waals surface area contributed by atoms with Gasteiger partial charge in [-0.25, -0.2) is 0 Å². The van der Waals surface area contributed by atoms with Gasteiger partial charge in [0, 0.05) is 31.1 Å². The molecule has 4 saturated heterocycles. The third kappa shape index (κ3) is 6.45. The largest absolute Gasteiger partial charge is 0.342 e. The Morgan fingerprint density at radius 2 is 1.39 bits per heavy atom. The second-order valence-corrected chi connectivity index (χ2v) is 11.4. The lowest BCUT2D eigenvalue weighted by Crippen LogP contribution is -2.55. The van der Waals surface area contributed by atoms with Crippen LogP contribution in [0.2, 0.25) is 0 Å². The predicted molar refractivity (Wildman–Crippen MR) is 128 cm³/mol. The first-order valence-electron chi connectivity index (χ1n) is 13.6. The highest BCUT2D eigenvalue weighted by atomic mass is 16.2. The summed E-state index contributed by atoms with van der Waals surface area (Å²) in [5.41, 5.74) is 0. The van der Waals surface area contributed by atoms with Crippen LogP contribution < -0.4 is 16.0 Å². The van der Waals surface area contributed by atoms with Crippen molar-refractivity contribution < 1.29 is 4.79 Å². The first kappa shape index (κ1) is 23.5. The summed E-state index contributed by atoms with van der Waals surface area (Å²) in [4.78, 5) is 14.4. The number of rotatable bonds is 6. The fourth-order valence-electron chi connectivity index (χ4n) is 6.92. The molecule has 178 valence electrons.